The van der Waals surface area contributed by atoms with Gasteiger partial charge in [0.05, 0.1) is 18.8 Å². The molecule has 0 saturated carbocycles. The molecule has 1 saturated heterocycles. The van der Waals surface area contributed by atoms with Crippen molar-refractivity contribution in [2.24, 2.45) is 0 Å². The lowest BCUT2D eigenvalue weighted by Crippen LogP contribution is -2.52. The third kappa shape index (κ3) is 2.60. The molecule has 1 atom stereocenters. The lowest BCUT2D eigenvalue weighted by Gasteiger charge is -2.33. The van der Waals surface area contributed by atoms with E-state index in [9.17, 15) is 19.8 Å². The number of carbonyl (C=O) groups is 2. The highest BCUT2D eigenvalue weighted by Crippen LogP contribution is 2.25. The van der Waals surface area contributed by atoms with Crippen molar-refractivity contribution in [3.8, 4) is 11.5 Å². The maximum atomic E-state index is 12.2. The van der Waals surface area contributed by atoms with Gasteiger partial charge in [-0.2, -0.15) is 0 Å². The fourth-order valence-corrected chi connectivity index (χ4v) is 1.90. The zero-order valence-corrected chi connectivity index (χ0v) is 9.94. The Morgan fingerprint density at radius 3 is 2.74 bits per heavy atom. The van der Waals surface area contributed by atoms with Crippen LogP contribution >= 0.6 is 0 Å². The number of nitrogens with zero attached hydrogens (tertiary/aromatic N) is 1. The van der Waals surface area contributed by atoms with Crippen LogP contribution in [-0.4, -0.2) is 57.9 Å². The molecule has 0 bridgehead atoms. The van der Waals surface area contributed by atoms with Gasteiger partial charge in [0, 0.05) is 6.54 Å². The summed E-state index contributed by atoms with van der Waals surface area (Å²) in [4.78, 5) is 24.4. The van der Waals surface area contributed by atoms with Crippen LogP contribution in [0.5, 0.6) is 11.5 Å². The highest BCUT2D eigenvalue weighted by molar-refractivity contribution is 5.99. The summed E-state index contributed by atoms with van der Waals surface area (Å²) in [7, 11) is 0. The Morgan fingerprint density at radius 1 is 1.32 bits per heavy atom. The van der Waals surface area contributed by atoms with Gasteiger partial charge in [0.25, 0.3) is 5.91 Å². The lowest BCUT2D eigenvalue weighted by molar-refractivity contribution is -0.147. The number of rotatable bonds is 2. The van der Waals surface area contributed by atoms with Gasteiger partial charge in [-0.25, -0.2) is 4.79 Å². The number of aromatic hydroxyl groups is 2. The quantitative estimate of drug-likeness (QED) is 0.652. The minimum atomic E-state index is -1.17. The van der Waals surface area contributed by atoms with E-state index in [0.717, 1.165) is 11.0 Å². The molecule has 2 rings (SSSR count). The van der Waals surface area contributed by atoms with Crippen molar-refractivity contribution in [1.29, 1.82) is 0 Å². The summed E-state index contributed by atoms with van der Waals surface area (Å²) in [6, 6.07) is 2.42. The van der Waals surface area contributed by atoms with Crippen LogP contribution in [0.2, 0.25) is 0 Å². The van der Waals surface area contributed by atoms with E-state index in [-0.39, 0.29) is 36.8 Å². The van der Waals surface area contributed by atoms with Gasteiger partial charge in [-0.1, -0.05) is 0 Å². The number of carbonyl (C=O) groups excluding carboxylic acids is 1. The molecule has 102 valence electrons. The number of benzene rings is 1. The van der Waals surface area contributed by atoms with Crippen molar-refractivity contribution in [2.75, 3.05) is 19.8 Å². The van der Waals surface area contributed by atoms with E-state index in [4.69, 9.17) is 9.84 Å². The molecule has 3 N–H and O–H groups in total. The van der Waals surface area contributed by atoms with Crippen LogP contribution in [0, 0.1) is 0 Å². The second kappa shape index (κ2) is 5.15. The zero-order chi connectivity index (χ0) is 14.0. The summed E-state index contributed by atoms with van der Waals surface area (Å²) in [5, 5.41) is 28.0. The summed E-state index contributed by atoms with van der Waals surface area (Å²) in [5.74, 6) is -2.31. The minimum absolute atomic E-state index is 0.0966. The number of ether oxygens (including phenoxy) is 1. The molecule has 1 aromatic carbocycles. The number of amides is 1. The Kier molecular flexibility index (Phi) is 3.57. The van der Waals surface area contributed by atoms with Gasteiger partial charge in [0.15, 0.2) is 6.04 Å². The highest BCUT2D eigenvalue weighted by atomic mass is 16.5. The predicted molar refractivity (Wildman–Crippen MR) is 63.1 cm³/mol. The molecule has 1 amide bonds. The van der Waals surface area contributed by atoms with E-state index in [1.54, 1.807) is 0 Å². The van der Waals surface area contributed by atoms with Crippen molar-refractivity contribution in [3.05, 3.63) is 23.8 Å². The van der Waals surface area contributed by atoms with E-state index in [1.807, 2.05) is 0 Å². The summed E-state index contributed by atoms with van der Waals surface area (Å²) in [5.41, 5.74) is -0.131. The first kappa shape index (κ1) is 13.2. The first-order valence-corrected chi connectivity index (χ1v) is 5.64. The second-order valence-electron chi connectivity index (χ2n) is 4.13. The minimum Gasteiger partial charge on any atom is -0.508 e. The molecular weight excluding hydrogens is 254 g/mol. The number of carboxylic acids is 1. The number of hydrogen-bond donors (Lipinski definition) is 3. The van der Waals surface area contributed by atoms with Gasteiger partial charge in [-0.3, -0.25) is 4.79 Å². The van der Waals surface area contributed by atoms with Crippen LogP contribution in [0.25, 0.3) is 0 Å². The largest absolute Gasteiger partial charge is 0.508 e. The maximum absolute atomic E-state index is 12.2. The molecule has 1 heterocycles. The van der Waals surface area contributed by atoms with E-state index < -0.39 is 17.9 Å². The number of carboxylic acid groups (broad SMARTS) is 1. The molecule has 7 heteroatoms. The first-order valence-electron chi connectivity index (χ1n) is 5.64. The molecule has 0 aliphatic carbocycles. The van der Waals surface area contributed by atoms with Crippen LogP contribution in [-0.2, 0) is 9.53 Å². The van der Waals surface area contributed by atoms with Crippen LogP contribution < -0.4 is 0 Å². The molecule has 0 spiro atoms. The fraction of sp³-hybridized carbons (Fsp3) is 0.333. The Bertz CT molecular complexity index is 515. The summed E-state index contributed by atoms with van der Waals surface area (Å²) < 4.78 is 5.03. The van der Waals surface area contributed by atoms with E-state index >= 15 is 0 Å². The number of morpholine rings is 1. The highest BCUT2D eigenvalue weighted by Gasteiger charge is 2.34. The summed E-state index contributed by atoms with van der Waals surface area (Å²) in [6.45, 7) is 0.251. The third-order valence-corrected chi connectivity index (χ3v) is 2.88. The van der Waals surface area contributed by atoms with Crippen LogP contribution in [0.4, 0.5) is 0 Å². The molecule has 1 fully saturated rings. The molecule has 0 aromatic heterocycles. The standard InChI is InChI=1S/C12H13NO6/c14-7-1-2-10(15)8(5-7)11(16)13-3-4-19-6-9(13)12(17)18/h1-2,5,9,14-15H,3-4,6H2,(H,17,18). The zero-order valence-electron chi connectivity index (χ0n) is 9.94. The maximum Gasteiger partial charge on any atom is 0.328 e. The van der Waals surface area contributed by atoms with Crippen molar-refractivity contribution in [1.82, 2.24) is 4.90 Å². The van der Waals surface area contributed by atoms with Gasteiger partial charge in [-0.15, -0.1) is 0 Å². The predicted octanol–water partition coefficient (Wildman–Crippen LogP) is 0.0234. The molecule has 7 nitrogen and oxygen atoms in total. The smallest absolute Gasteiger partial charge is 0.328 e. The Balaban J connectivity index is 2.31. The molecule has 1 aliphatic heterocycles. The third-order valence-electron chi connectivity index (χ3n) is 2.88. The number of phenolic OH excluding ortho intramolecular Hbond substituents is 2. The van der Waals surface area contributed by atoms with E-state index in [0.29, 0.717) is 0 Å². The second-order valence-corrected chi connectivity index (χ2v) is 4.13. The lowest BCUT2D eigenvalue weighted by atomic mass is 10.1. The van der Waals surface area contributed by atoms with Crippen molar-refractivity contribution >= 4 is 11.9 Å². The average Bonchev–Trinajstić information content (AvgIpc) is 2.40. The Labute approximate surface area is 108 Å². The Morgan fingerprint density at radius 2 is 2.05 bits per heavy atom. The van der Waals surface area contributed by atoms with Gasteiger partial charge in [0.1, 0.15) is 11.5 Å². The average molecular weight is 267 g/mol. The van der Waals surface area contributed by atoms with Crippen molar-refractivity contribution in [3.63, 3.8) is 0 Å². The molecule has 1 aromatic rings. The normalized spacial score (nSPS) is 19.2. The Hall–Kier alpha value is -2.28. The van der Waals surface area contributed by atoms with Crippen molar-refractivity contribution < 1.29 is 29.6 Å². The number of aliphatic carboxylic acids is 1. The molecular formula is C12H13NO6. The summed E-state index contributed by atoms with van der Waals surface area (Å²) >= 11 is 0. The van der Waals surface area contributed by atoms with Gasteiger partial charge < -0.3 is 25.0 Å². The molecule has 19 heavy (non-hydrogen) atoms. The fourth-order valence-electron chi connectivity index (χ4n) is 1.90. The van der Waals surface area contributed by atoms with Gasteiger partial charge >= 0.3 is 5.97 Å². The van der Waals surface area contributed by atoms with Crippen LogP contribution in [0.15, 0.2) is 18.2 Å². The SMILES string of the molecule is O=C(O)C1COCCN1C(=O)c1cc(O)ccc1O. The topological polar surface area (TPSA) is 107 Å². The van der Waals surface area contributed by atoms with E-state index in [2.05, 4.69) is 0 Å². The number of phenols is 2. The van der Waals surface area contributed by atoms with Gasteiger partial charge in [0.2, 0.25) is 0 Å². The van der Waals surface area contributed by atoms with Gasteiger partial charge in [-0.05, 0) is 18.2 Å². The summed E-state index contributed by atoms with van der Waals surface area (Å²) in [6.07, 6.45) is 0. The molecule has 1 unspecified atom stereocenters. The molecule has 0 radical (unpaired) electrons. The molecule has 1 aliphatic rings. The first-order chi connectivity index (χ1) is 9.00. The monoisotopic (exact) mass is 267 g/mol. The van der Waals surface area contributed by atoms with E-state index in [1.165, 1.54) is 12.1 Å². The number of hydrogen-bond acceptors (Lipinski definition) is 5. The van der Waals surface area contributed by atoms with Crippen LogP contribution in [0.3, 0.4) is 0 Å². The van der Waals surface area contributed by atoms with Crippen LogP contribution in [0.1, 0.15) is 10.4 Å². The van der Waals surface area contributed by atoms with Crippen molar-refractivity contribution in [2.45, 2.75) is 6.04 Å².